The highest BCUT2D eigenvalue weighted by Gasteiger charge is 2.13. The average Bonchev–Trinajstić information content (AvgIpc) is 3.15. The van der Waals surface area contributed by atoms with Gasteiger partial charge in [0, 0.05) is 11.1 Å². The Bertz CT molecular complexity index is 1010. The molecule has 0 aliphatic rings. The van der Waals surface area contributed by atoms with Crippen LogP contribution in [0.15, 0.2) is 46.9 Å². The van der Waals surface area contributed by atoms with Crippen LogP contribution in [-0.2, 0) is 16.1 Å². The van der Waals surface area contributed by atoms with Gasteiger partial charge in [-0.2, -0.15) is 0 Å². The van der Waals surface area contributed by atoms with Crippen molar-refractivity contribution in [3.8, 4) is 11.5 Å². The number of rotatable bonds is 6. The number of carbonyl (C=O) groups excluding carboxylic acids is 2. The summed E-state index contributed by atoms with van der Waals surface area (Å²) in [5.74, 6) is -0.379. The molecular formula is C21H21N3O4. The summed E-state index contributed by atoms with van der Waals surface area (Å²) in [6.07, 6.45) is 0. The Balaban J connectivity index is 1.49. The van der Waals surface area contributed by atoms with Crippen LogP contribution in [0.1, 0.15) is 32.9 Å². The zero-order valence-electron chi connectivity index (χ0n) is 16.0. The Kier molecular flexibility index (Phi) is 5.84. The molecule has 0 fully saturated rings. The first-order chi connectivity index (χ1) is 13.4. The van der Waals surface area contributed by atoms with Gasteiger partial charge in [0.1, 0.15) is 6.54 Å². The number of benzene rings is 2. The van der Waals surface area contributed by atoms with Gasteiger partial charge in [-0.15, -0.1) is 10.2 Å². The van der Waals surface area contributed by atoms with Crippen LogP contribution < -0.4 is 5.32 Å². The molecule has 0 atom stereocenters. The lowest BCUT2D eigenvalue weighted by atomic mass is 10.1. The van der Waals surface area contributed by atoms with Crippen LogP contribution in [0.5, 0.6) is 0 Å². The summed E-state index contributed by atoms with van der Waals surface area (Å²) >= 11 is 0. The van der Waals surface area contributed by atoms with Crippen LogP contribution in [0.25, 0.3) is 11.5 Å². The molecule has 0 unspecified atom stereocenters. The fourth-order valence-electron chi connectivity index (χ4n) is 2.54. The van der Waals surface area contributed by atoms with E-state index in [4.69, 9.17) is 9.15 Å². The Morgan fingerprint density at radius 2 is 1.86 bits per heavy atom. The molecule has 0 saturated heterocycles. The SMILES string of the molecule is Cc1cccc(-c2nnc(COC(=O)CNC(=O)c3ccc(C)c(C)c3)o2)c1. The predicted molar refractivity (Wildman–Crippen MR) is 103 cm³/mol. The summed E-state index contributed by atoms with van der Waals surface area (Å²) in [5, 5.41) is 10.4. The molecule has 3 rings (SSSR count). The number of hydrogen-bond acceptors (Lipinski definition) is 6. The van der Waals surface area contributed by atoms with E-state index in [1.165, 1.54) is 0 Å². The molecule has 28 heavy (non-hydrogen) atoms. The molecule has 0 aliphatic heterocycles. The fraction of sp³-hybridized carbons (Fsp3) is 0.238. The molecule has 0 bridgehead atoms. The first kappa shape index (κ1) is 19.3. The lowest BCUT2D eigenvalue weighted by molar-refractivity contribution is -0.144. The molecular weight excluding hydrogens is 358 g/mol. The number of nitrogens with zero attached hydrogens (tertiary/aromatic N) is 2. The van der Waals surface area contributed by atoms with Gasteiger partial charge in [0.25, 0.3) is 11.8 Å². The van der Waals surface area contributed by atoms with Crippen molar-refractivity contribution in [1.29, 1.82) is 0 Å². The molecule has 7 heteroatoms. The van der Waals surface area contributed by atoms with Crippen molar-refractivity contribution in [2.24, 2.45) is 0 Å². The quantitative estimate of drug-likeness (QED) is 0.661. The van der Waals surface area contributed by atoms with Gasteiger partial charge in [-0.1, -0.05) is 23.8 Å². The van der Waals surface area contributed by atoms with E-state index in [1.807, 2.05) is 51.1 Å². The van der Waals surface area contributed by atoms with Gasteiger partial charge in [0.2, 0.25) is 5.89 Å². The molecule has 1 aromatic heterocycles. The summed E-state index contributed by atoms with van der Waals surface area (Å²) in [7, 11) is 0. The second-order valence-electron chi connectivity index (χ2n) is 6.51. The molecule has 0 radical (unpaired) electrons. The molecule has 1 heterocycles. The van der Waals surface area contributed by atoms with Crippen LogP contribution in [0, 0.1) is 20.8 Å². The molecule has 0 spiro atoms. The van der Waals surface area contributed by atoms with Crippen molar-refractivity contribution >= 4 is 11.9 Å². The van der Waals surface area contributed by atoms with E-state index in [-0.39, 0.29) is 24.9 Å². The maximum Gasteiger partial charge on any atom is 0.325 e. The zero-order valence-corrected chi connectivity index (χ0v) is 16.0. The van der Waals surface area contributed by atoms with Crippen molar-refractivity contribution in [3.05, 3.63) is 70.6 Å². The predicted octanol–water partition coefficient (Wildman–Crippen LogP) is 3.14. The molecule has 1 amide bonds. The number of carbonyl (C=O) groups is 2. The van der Waals surface area contributed by atoms with E-state index in [0.29, 0.717) is 11.5 Å². The number of esters is 1. The highest BCUT2D eigenvalue weighted by Crippen LogP contribution is 2.19. The second kappa shape index (κ2) is 8.47. The van der Waals surface area contributed by atoms with Crippen LogP contribution in [-0.4, -0.2) is 28.6 Å². The first-order valence-electron chi connectivity index (χ1n) is 8.83. The van der Waals surface area contributed by atoms with E-state index in [2.05, 4.69) is 15.5 Å². The Labute approximate surface area is 162 Å². The average molecular weight is 379 g/mol. The Hall–Kier alpha value is -3.48. The van der Waals surface area contributed by atoms with E-state index >= 15 is 0 Å². The molecule has 0 saturated carbocycles. The fourth-order valence-corrected chi connectivity index (χ4v) is 2.54. The van der Waals surface area contributed by atoms with Crippen molar-refractivity contribution < 1.29 is 18.7 Å². The third kappa shape index (κ3) is 4.82. The molecule has 144 valence electrons. The minimum Gasteiger partial charge on any atom is -0.454 e. The highest BCUT2D eigenvalue weighted by atomic mass is 16.5. The monoisotopic (exact) mass is 379 g/mol. The van der Waals surface area contributed by atoms with Crippen LogP contribution >= 0.6 is 0 Å². The number of aryl methyl sites for hydroxylation is 3. The smallest absolute Gasteiger partial charge is 0.325 e. The highest BCUT2D eigenvalue weighted by molar-refractivity contribution is 5.96. The molecule has 0 aliphatic carbocycles. The Morgan fingerprint density at radius 1 is 1.04 bits per heavy atom. The maximum absolute atomic E-state index is 12.1. The number of nitrogens with one attached hydrogen (secondary N) is 1. The van der Waals surface area contributed by atoms with Crippen molar-refractivity contribution in [2.45, 2.75) is 27.4 Å². The summed E-state index contributed by atoms with van der Waals surface area (Å²) in [6.45, 7) is 5.46. The first-order valence-corrected chi connectivity index (χ1v) is 8.83. The standard InChI is InChI=1S/C21H21N3O4/c1-13-5-4-6-17(9-13)21-24-23-18(28-21)12-27-19(25)11-22-20(26)16-8-7-14(2)15(3)10-16/h4-10H,11-12H2,1-3H3,(H,22,26). The maximum atomic E-state index is 12.1. The zero-order chi connectivity index (χ0) is 20.1. The largest absolute Gasteiger partial charge is 0.454 e. The van der Waals surface area contributed by atoms with Crippen molar-refractivity contribution in [1.82, 2.24) is 15.5 Å². The summed E-state index contributed by atoms with van der Waals surface area (Å²) in [4.78, 5) is 24.0. The lowest BCUT2D eigenvalue weighted by Crippen LogP contribution is -2.30. The van der Waals surface area contributed by atoms with Crippen LogP contribution in [0.3, 0.4) is 0 Å². The van der Waals surface area contributed by atoms with Gasteiger partial charge < -0.3 is 14.5 Å². The minimum absolute atomic E-state index is 0.156. The number of aromatic nitrogens is 2. The van der Waals surface area contributed by atoms with Gasteiger partial charge in [0.05, 0.1) is 0 Å². The second-order valence-corrected chi connectivity index (χ2v) is 6.51. The lowest BCUT2D eigenvalue weighted by Gasteiger charge is -2.07. The number of ether oxygens (including phenoxy) is 1. The molecule has 2 aromatic carbocycles. The number of hydrogen-bond donors (Lipinski definition) is 1. The van der Waals surface area contributed by atoms with E-state index < -0.39 is 5.97 Å². The summed E-state index contributed by atoms with van der Waals surface area (Å²) in [6, 6.07) is 13.0. The topological polar surface area (TPSA) is 94.3 Å². The van der Waals surface area contributed by atoms with Crippen LogP contribution in [0.2, 0.25) is 0 Å². The van der Waals surface area contributed by atoms with Gasteiger partial charge >= 0.3 is 5.97 Å². The van der Waals surface area contributed by atoms with Crippen molar-refractivity contribution in [3.63, 3.8) is 0 Å². The summed E-state index contributed by atoms with van der Waals surface area (Å²) < 4.78 is 10.6. The van der Waals surface area contributed by atoms with Crippen molar-refractivity contribution in [2.75, 3.05) is 6.54 Å². The third-order valence-corrected chi connectivity index (χ3v) is 4.25. The van der Waals surface area contributed by atoms with E-state index in [9.17, 15) is 9.59 Å². The third-order valence-electron chi connectivity index (χ3n) is 4.25. The van der Waals surface area contributed by atoms with Crippen LogP contribution in [0.4, 0.5) is 0 Å². The van der Waals surface area contributed by atoms with Gasteiger partial charge in [0.15, 0.2) is 6.61 Å². The molecule has 1 N–H and O–H groups in total. The molecule has 7 nitrogen and oxygen atoms in total. The Morgan fingerprint density at radius 3 is 2.61 bits per heavy atom. The van der Waals surface area contributed by atoms with E-state index in [1.54, 1.807) is 12.1 Å². The number of amides is 1. The van der Waals surface area contributed by atoms with Gasteiger partial charge in [-0.3, -0.25) is 9.59 Å². The molecule has 3 aromatic rings. The minimum atomic E-state index is -0.590. The summed E-state index contributed by atoms with van der Waals surface area (Å²) in [5.41, 5.74) is 4.47. The van der Waals surface area contributed by atoms with Gasteiger partial charge in [-0.25, -0.2) is 0 Å². The normalized spacial score (nSPS) is 10.5. The van der Waals surface area contributed by atoms with E-state index in [0.717, 1.165) is 22.3 Å². The van der Waals surface area contributed by atoms with Gasteiger partial charge in [-0.05, 0) is 56.2 Å².